The van der Waals surface area contributed by atoms with Crippen LogP contribution in [0.4, 0.5) is 5.69 Å². The van der Waals surface area contributed by atoms with E-state index >= 15 is 0 Å². The van der Waals surface area contributed by atoms with Crippen LogP contribution < -0.4 is 4.57 Å². The fraction of sp³-hybridized carbons (Fsp3) is 0.308. The number of nitrogens with zero attached hydrogens (tertiary/aromatic N) is 2. The molecule has 3 nitrogen and oxygen atoms in total. The summed E-state index contributed by atoms with van der Waals surface area (Å²) >= 11 is 0. The van der Waals surface area contributed by atoms with E-state index in [1.54, 1.807) is 13.1 Å². The molecule has 0 atom stereocenters. The molecule has 144 valence electrons. The van der Waals surface area contributed by atoms with Crippen LogP contribution >= 0.6 is 0 Å². The second-order valence-electron chi connectivity index (χ2n) is 7.74. The molecule has 0 unspecified atom stereocenters. The molecule has 1 aliphatic rings. The van der Waals surface area contributed by atoms with Crippen molar-refractivity contribution in [1.29, 1.82) is 0 Å². The van der Waals surface area contributed by atoms with Crippen molar-refractivity contribution in [3.05, 3.63) is 71.1 Å². The van der Waals surface area contributed by atoms with E-state index in [0.29, 0.717) is 46.5 Å². The highest BCUT2D eigenvalue weighted by Crippen LogP contribution is 2.46. The smallest absolute Gasteiger partial charge is 0.216 e. The predicted molar refractivity (Wildman–Crippen MR) is 117 cm³/mol. The fourth-order valence-corrected chi connectivity index (χ4v) is 4.52. The monoisotopic (exact) mass is 386 g/mol. The van der Waals surface area contributed by atoms with Gasteiger partial charge in [-0.25, -0.2) is 9.41 Å². The number of aryl methyl sites for hydroxylation is 1. The molecule has 0 spiro atoms. The van der Waals surface area contributed by atoms with E-state index in [1.807, 2.05) is 25.1 Å². The Bertz CT molecular complexity index is 1500. The topological polar surface area (TPSA) is 21.4 Å². The molecule has 0 aliphatic heterocycles. The van der Waals surface area contributed by atoms with Gasteiger partial charge in [0.1, 0.15) is 19.6 Å². The molecule has 1 aliphatic carbocycles. The number of rotatable bonds is 2. The molecule has 4 aromatic rings. The summed E-state index contributed by atoms with van der Waals surface area (Å²) in [4.78, 5) is 3.74. The molecule has 2 aromatic heterocycles. The van der Waals surface area contributed by atoms with Crippen molar-refractivity contribution in [1.82, 2.24) is 0 Å². The van der Waals surface area contributed by atoms with Crippen LogP contribution in [0.25, 0.3) is 38.0 Å². The minimum atomic E-state index is -0.887. The summed E-state index contributed by atoms with van der Waals surface area (Å²) in [5.74, 6) is -0.887. The Morgan fingerprint density at radius 3 is 2.66 bits per heavy atom. The van der Waals surface area contributed by atoms with Crippen LogP contribution in [-0.4, -0.2) is 0 Å². The van der Waals surface area contributed by atoms with Crippen molar-refractivity contribution in [2.75, 3.05) is 0 Å². The van der Waals surface area contributed by atoms with Crippen LogP contribution in [0.3, 0.4) is 0 Å². The minimum absolute atomic E-state index is 0.133. The van der Waals surface area contributed by atoms with Crippen LogP contribution in [0.1, 0.15) is 56.0 Å². The van der Waals surface area contributed by atoms with E-state index in [4.69, 9.17) is 16.5 Å². The van der Waals surface area contributed by atoms with E-state index < -0.39 is 5.89 Å². The van der Waals surface area contributed by atoms with Crippen LogP contribution in [-0.2, 0) is 7.05 Å². The molecule has 0 saturated heterocycles. The number of benzene rings is 2. The molecule has 2 aromatic carbocycles. The van der Waals surface area contributed by atoms with Gasteiger partial charge in [0.15, 0.2) is 11.9 Å². The Labute approximate surface area is 178 Å². The summed E-state index contributed by atoms with van der Waals surface area (Å²) in [6.07, 6.45) is 4.19. The van der Waals surface area contributed by atoms with Crippen LogP contribution in [0.5, 0.6) is 0 Å². The van der Waals surface area contributed by atoms with Crippen LogP contribution in [0.15, 0.2) is 53.0 Å². The van der Waals surface area contributed by atoms with Gasteiger partial charge < -0.3 is 4.42 Å². The molecule has 0 N–H and O–H groups in total. The number of aromatic nitrogens is 1. The van der Waals surface area contributed by atoms with Crippen molar-refractivity contribution >= 4 is 27.6 Å². The zero-order chi connectivity index (χ0) is 24.4. The lowest BCUT2D eigenvalue weighted by Gasteiger charge is -2.23. The third-order valence-electron chi connectivity index (χ3n) is 5.97. The van der Waals surface area contributed by atoms with Gasteiger partial charge in [0.2, 0.25) is 5.69 Å². The van der Waals surface area contributed by atoms with E-state index in [9.17, 15) is 1.37 Å². The molecule has 29 heavy (non-hydrogen) atoms. The number of pyridine rings is 1. The van der Waals surface area contributed by atoms with Gasteiger partial charge in [-0.3, -0.25) is 0 Å². The van der Waals surface area contributed by atoms with Gasteiger partial charge in [-0.1, -0.05) is 43.5 Å². The summed E-state index contributed by atoms with van der Waals surface area (Å²) in [6, 6.07) is 6.79. The highest BCUT2D eigenvalue weighted by molar-refractivity contribution is 6.11. The molecule has 2 heterocycles. The molecule has 1 saturated carbocycles. The maximum Gasteiger partial charge on any atom is 0.216 e. The van der Waals surface area contributed by atoms with Gasteiger partial charge in [0.05, 0.1) is 16.2 Å². The standard InChI is InChI=1S/C26H25N2O/c1-17-12-13-19-20-14-15-21(27-2)24(18-9-5-4-6-10-18)26(20)29-25(19)23(17)22-11-7-8-16-28(22)3/h7-8,11-16,18H,4-6,9-10H2,1,3H3/q+1/i7D,8D,11D,16D,18D. The van der Waals surface area contributed by atoms with Crippen molar-refractivity contribution < 1.29 is 15.8 Å². The van der Waals surface area contributed by atoms with Gasteiger partial charge in [0, 0.05) is 29.8 Å². The van der Waals surface area contributed by atoms with Crippen LogP contribution in [0, 0.1) is 13.5 Å². The lowest BCUT2D eigenvalue weighted by Crippen LogP contribution is -2.30. The quantitative estimate of drug-likeness (QED) is 0.269. The number of furan rings is 1. The Hall–Kier alpha value is -3.12. The Balaban J connectivity index is 1.92. The summed E-state index contributed by atoms with van der Waals surface area (Å²) < 4.78 is 50.3. The van der Waals surface area contributed by atoms with E-state index in [1.165, 1.54) is 4.57 Å². The second kappa shape index (κ2) is 7.04. The second-order valence-corrected chi connectivity index (χ2v) is 7.74. The average molecular weight is 387 g/mol. The fourth-order valence-electron chi connectivity index (χ4n) is 4.52. The highest BCUT2D eigenvalue weighted by atomic mass is 16.3. The molecule has 3 heteroatoms. The molecule has 0 radical (unpaired) electrons. The van der Waals surface area contributed by atoms with Gasteiger partial charge in [-0.05, 0) is 37.3 Å². The zero-order valence-electron chi connectivity index (χ0n) is 21.6. The normalized spacial score (nSPS) is 18.6. The first-order chi connectivity index (χ1) is 16.2. The first kappa shape index (κ1) is 13.2. The third kappa shape index (κ3) is 2.83. The zero-order valence-corrected chi connectivity index (χ0v) is 16.6. The molecule has 1 fully saturated rings. The van der Waals surface area contributed by atoms with Crippen molar-refractivity contribution in [3.63, 3.8) is 0 Å². The third-order valence-corrected chi connectivity index (χ3v) is 5.97. The first-order valence-electron chi connectivity index (χ1n) is 12.5. The summed E-state index contributed by atoms with van der Waals surface area (Å²) in [7, 11) is 1.62. The van der Waals surface area contributed by atoms with E-state index in [-0.39, 0.29) is 24.3 Å². The largest absolute Gasteiger partial charge is 0.456 e. The summed E-state index contributed by atoms with van der Waals surface area (Å²) in [5, 5.41) is 1.62. The van der Waals surface area contributed by atoms with Gasteiger partial charge in [-0.15, -0.1) is 0 Å². The number of hydrogen-bond donors (Lipinski definition) is 0. The minimum Gasteiger partial charge on any atom is -0.456 e. The van der Waals surface area contributed by atoms with E-state index in [0.717, 1.165) is 35.6 Å². The maximum absolute atomic E-state index is 9.26. The summed E-state index contributed by atoms with van der Waals surface area (Å²) in [6.45, 7) is 9.64. The van der Waals surface area contributed by atoms with E-state index in [2.05, 4.69) is 4.85 Å². The van der Waals surface area contributed by atoms with Gasteiger partial charge >= 0.3 is 0 Å². The first-order valence-corrected chi connectivity index (χ1v) is 10.0. The Kier molecular flexibility index (Phi) is 3.20. The maximum atomic E-state index is 9.26. The molecular weight excluding hydrogens is 356 g/mol. The number of hydrogen-bond acceptors (Lipinski definition) is 1. The van der Waals surface area contributed by atoms with Crippen molar-refractivity contribution in [3.8, 4) is 11.3 Å². The molecule has 5 rings (SSSR count). The summed E-state index contributed by atoms with van der Waals surface area (Å²) in [5.41, 5.74) is 3.89. The highest BCUT2D eigenvalue weighted by Gasteiger charge is 2.26. The lowest BCUT2D eigenvalue weighted by molar-refractivity contribution is -0.660. The van der Waals surface area contributed by atoms with Crippen LogP contribution in [0.2, 0.25) is 0 Å². The van der Waals surface area contributed by atoms with Crippen molar-refractivity contribution in [2.45, 2.75) is 44.9 Å². The average Bonchev–Trinajstić information content (AvgIpc) is 3.21. The SMILES string of the molecule is [2H]c1c([2H])c([2H])[n+](C)c(-c2c(C)ccc3c2oc2c(C4([2H])CCCCC4)c([N+]#[C-])ccc23)c1[2H]. The molecule has 0 amide bonds. The lowest BCUT2D eigenvalue weighted by atomic mass is 9.82. The van der Waals surface area contributed by atoms with Crippen molar-refractivity contribution in [2.24, 2.45) is 7.05 Å². The predicted octanol–water partition coefficient (Wildman–Crippen LogP) is 6.98. The molecule has 0 bridgehead atoms. The van der Waals surface area contributed by atoms with Gasteiger partial charge in [-0.2, -0.15) is 0 Å². The Morgan fingerprint density at radius 1 is 1.10 bits per heavy atom. The van der Waals surface area contributed by atoms with Gasteiger partial charge in [0.25, 0.3) is 0 Å². The Morgan fingerprint density at radius 2 is 1.86 bits per heavy atom. The molecular formula is C26H25N2O+. The number of fused-ring (bicyclic) bond motifs is 3.